The standard InChI is InChI=1S/C13H14N2O2/c1-15(9-7-13(16)17)12-6-8-14-11-5-3-2-4-10(11)12/h2-6,8H,7,9H2,1H3,(H,16,17). The number of hydrogen-bond acceptors (Lipinski definition) is 3. The first kappa shape index (κ1) is 11.4. The van der Waals surface area contributed by atoms with Crippen LogP contribution >= 0.6 is 0 Å². The summed E-state index contributed by atoms with van der Waals surface area (Å²) in [6.07, 6.45) is 1.88. The van der Waals surface area contributed by atoms with Crippen molar-refractivity contribution in [1.29, 1.82) is 0 Å². The summed E-state index contributed by atoms with van der Waals surface area (Å²) in [5, 5.41) is 9.73. The molecule has 0 aliphatic carbocycles. The van der Waals surface area contributed by atoms with E-state index in [1.54, 1.807) is 6.20 Å². The van der Waals surface area contributed by atoms with Gasteiger partial charge in [0.05, 0.1) is 11.9 Å². The molecule has 0 aliphatic rings. The minimum Gasteiger partial charge on any atom is -0.481 e. The van der Waals surface area contributed by atoms with Crippen LogP contribution in [0.25, 0.3) is 10.9 Å². The maximum Gasteiger partial charge on any atom is 0.305 e. The number of aromatic nitrogens is 1. The van der Waals surface area contributed by atoms with Crippen molar-refractivity contribution in [1.82, 2.24) is 4.98 Å². The Kier molecular flexibility index (Phi) is 3.23. The van der Waals surface area contributed by atoms with Gasteiger partial charge in [-0.1, -0.05) is 18.2 Å². The zero-order valence-corrected chi connectivity index (χ0v) is 9.63. The van der Waals surface area contributed by atoms with E-state index in [1.165, 1.54) is 0 Å². The van der Waals surface area contributed by atoms with Crippen LogP contribution in [0.3, 0.4) is 0 Å². The number of carboxylic acids is 1. The molecule has 0 saturated carbocycles. The van der Waals surface area contributed by atoms with Crippen LogP contribution in [0.2, 0.25) is 0 Å². The molecule has 0 amide bonds. The number of aliphatic carboxylic acids is 1. The van der Waals surface area contributed by atoms with E-state index in [2.05, 4.69) is 4.98 Å². The molecule has 1 aromatic heterocycles. The molecule has 0 atom stereocenters. The summed E-state index contributed by atoms with van der Waals surface area (Å²) in [5.74, 6) is -0.782. The van der Waals surface area contributed by atoms with Crippen LogP contribution in [0.15, 0.2) is 36.5 Å². The molecule has 2 rings (SSSR count). The van der Waals surface area contributed by atoms with Gasteiger partial charge in [0, 0.05) is 30.9 Å². The van der Waals surface area contributed by atoms with E-state index in [-0.39, 0.29) is 6.42 Å². The zero-order valence-electron chi connectivity index (χ0n) is 9.63. The number of carbonyl (C=O) groups is 1. The number of benzene rings is 1. The average molecular weight is 230 g/mol. The van der Waals surface area contributed by atoms with E-state index in [9.17, 15) is 4.79 Å². The summed E-state index contributed by atoms with van der Waals surface area (Å²) in [4.78, 5) is 16.8. The third-order valence-corrected chi connectivity index (χ3v) is 2.70. The molecule has 0 aliphatic heterocycles. The number of fused-ring (bicyclic) bond motifs is 1. The maximum absolute atomic E-state index is 10.6. The molecule has 1 aromatic carbocycles. The lowest BCUT2D eigenvalue weighted by Crippen LogP contribution is -2.21. The average Bonchev–Trinajstić information content (AvgIpc) is 2.35. The minimum absolute atomic E-state index is 0.132. The number of pyridine rings is 1. The largest absolute Gasteiger partial charge is 0.481 e. The van der Waals surface area contributed by atoms with Gasteiger partial charge in [-0.2, -0.15) is 0 Å². The minimum atomic E-state index is -0.782. The Labute approximate surface area is 99.5 Å². The fourth-order valence-electron chi connectivity index (χ4n) is 1.80. The van der Waals surface area contributed by atoms with E-state index in [1.807, 2.05) is 42.3 Å². The van der Waals surface area contributed by atoms with E-state index in [0.717, 1.165) is 16.6 Å². The summed E-state index contributed by atoms with van der Waals surface area (Å²) in [5.41, 5.74) is 1.93. The first-order valence-corrected chi connectivity index (χ1v) is 5.45. The molecule has 0 bridgehead atoms. The first-order chi connectivity index (χ1) is 8.18. The quantitative estimate of drug-likeness (QED) is 0.874. The van der Waals surface area contributed by atoms with Gasteiger partial charge in [0.1, 0.15) is 0 Å². The molecule has 88 valence electrons. The van der Waals surface area contributed by atoms with Crippen LogP contribution in [-0.4, -0.2) is 29.7 Å². The van der Waals surface area contributed by atoms with Crippen molar-refractivity contribution >= 4 is 22.6 Å². The summed E-state index contributed by atoms with van der Waals surface area (Å²) in [6.45, 7) is 0.489. The number of rotatable bonds is 4. The lowest BCUT2D eigenvalue weighted by molar-refractivity contribution is -0.136. The van der Waals surface area contributed by atoms with Crippen molar-refractivity contribution in [2.75, 3.05) is 18.5 Å². The smallest absolute Gasteiger partial charge is 0.305 e. The van der Waals surface area contributed by atoms with Crippen molar-refractivity contribution < 1.29 is 9.90 Å². The molecule has 1 heterocycles. The molecule has 0 radical (unpaired) electrons. The molecule has 1 N–H and O–H groups in total. The van der Waals surface area contributed by atoms with Crippen LogP contribution in [0.4, 0.5) is 5.69 Å². The molecule has 2 aromatic rings. The second-order valence-electron chi connectivity index (χ2n) is 3.91. The predicted octanol–water partition coefficient (Wildman–Crippen LogP) is 2.15. The van der Waals surface area contributed by atoms with Gasteiger partial charge in [-0.25, -0.2) is 0 Å². The van der Waals surface area contributed by atoms with Crippen LogP contribution in [-0.2, 0) is 4.79 Å². The molecular weight excluding hydrogens is 216 g/mol. The molecule has 4 nitrogen and oxygen atoms in total. The number of hydrogen-bond donors (Lipinski definition) is 1. The second-order valence-corrected chi connectivity index (χ2v) is 3.91. The monoisotopic (exact) mass is 230 g/mol. The van der Waals surface area contributed by atoms with E-state index in [4.69, 9.17) is 5.11 Å². The van der Waals surface area contributed by atoms with E-state index < -0.39 is 5.97 Å². The van der Waals surface area contributed by atoms with Crippen LogP contribution < -0.4 is 4.90 Å². The third kappa shape index (κ3) is 2.53. The van der Waals surface area contributed by atoms with Crippen molar-refractivity contribution in [3.8, 4) is 0 Å². The molecule has 0 spiro atoms. The summed E-state index contributed by atoms with van der Waals surface area (Å²) >= 11 is 0. The summed E-state index contributed by atoms with van der Waals surface area (Å²) in [7, 11) is 1.89. The van der Waals surface area contributed by atoms with Gasteiger partial charge in [-0.3, -0.25) is 9.78 Å². The normalized spacial score (nSPS) is 10.4. The van der Waals surface area contributed by atoms with Crippen molar-refractivity contribution in [2.24, 2.45) is 0 Å². The molecule has 0 saturated heterocycles. The topological polar surface area (TPSA) is 53.4 Å². The fourth-order valence-corrected chi connectivity index (χ4v) is 1.80. The Morgan fingerprint density at radius 3 is 2.88 bits per heavy atom. The molecule has 0 fully saturated rings. The summed E-state index contributed by atoms with van der Waals surface area (Å²) < 4.78 is 0. The Bertz CT molecular complexity index is 534. The van der Waals surface area contributed by atoms with Crippen LogP contribution in [0, 0.1) is 0 Å². The SMILES string of the molecule is CN(CCC(=O)O)c1ccnc2ccccc12. The highest BCUT2D eigenvalue weighted by Crippen LogP contribution is 2.23. The van der Waals surface area contributed by atoms with Gasteiger partial charge in [0.25, 0.3) is 0 Å². The number of nitrogens with zero attached hydrogens (tertiary/aromatic N) is 2. The highest BCUT2D eigenvalue weighted by molar-refractivity contribution is 5.91. The van der Waals surface area contributed by atoms with Crippen LogP contribution in [0.1, 0.15) is 6.42 Å². The first-order valence-electron chi connectivity index (χ1n) is 5.45. The molecular formula is C13H14N2O2. The Morgan fingerprint density at radius 2 is 2.12 bits per heavy atom. The Morgan fingerprint density at radius 1 is 1.35 bits per heavy atom. The molecule has 4 heteroatoms. The highest BCUT2D eigenvalue weighted by atomic mass is 16.4. The van der Waals surface area contributed by atoms with Gasteiger partial charge in [-0.15, -0.1) is 0 Å². The second kappa shape index (κ2) is 4.82. The number of carboxylic acid groups (broad SMARTS) is 1. The number of para-hydroxylation sites is 1. The van der Waals surface area contributed by atoms with Crippen molar-refractivity contribution in [3.63, 3.8) is 0 Å². The maximum atomic E-state index is 10.6. The lowest BCUT2D eigenvalue weighted by Gasteiger charge is -2.19. The van der Waals surface area contributed by atoms with E-state index in [0.29, 0.717) is 6.54 Å². The molecule has 0 unspecified atom stereocenters. The van der Waals surface area contributed by atoms with Gasteiger partial charge in [0.2, 0.25) is 0 Å². The summed E-state index contributed by atoms with van der Waals surface area (Å²) in [6, 6.07) is 9.75. The zero-order chi connectivity index (χ0) is 12.3. The highest BCUT2D eigenvalue weighted by Gasteiger charge is 2.07. The van der Waals surface area contributed by atoms with Crippen LogP contribution in [0.5, 0.6) is 0 Å². The van der Waals surface area contributed by atoms with Gasteiger partial charge >= 0.3 is 5.97 Å². The van der Waals surface area contributed by atoms with Gasteiger partial charge < -0.3 is 10.0 Å². The van der Waals surface area contributed by atoms with Gasteiger partial charge in [-0.05, 0) is 12.1 Å². The third-order valence-electron chi connectivity index (χ3n) is 2.70. The van der Waals surface area contributed by atoms with E-state index >= 15 is 0 Å². The van der Waals surface area contributed by atoms with Crippen molar-refractivity contribution in [2.45, 2.75) is 6.42 Å². The molecule has 17 heavy (non-hydrogen) atoms. The Balaban J connectivity index is 2.31. The predicted molar refractivity (Wildman–Crippen MR) is 67.3 cm³/mol. The number of anilines is 1. The fraction of sp³-hybridized carbons (Fsp3) is 0.231. The van der Waals surface area contributed by atoms with Crippen molar-refractivity contribution in [3.05, 3.63) is 36.5 Å². The van der Waals surface area contributed by atoms with Gasteiger partial charge in [0.15, 0.2) is 0 Å². The Hall–Kier alpha value is -2.10. The lowest BCUT2D eigenvalue weighted by atomic mass is 10.1.